The molecule has 0 bridgehead atoms. The molecule has 1 fully saturated rings. The van der Waals surface area contributed by atoms with Crippen LogP contribution < -0.4 is 0 Å². The number of rotatable bonds is 2. The molecule has 3 aliphatic carbocycles. The zero-order chi connectivity index (χ0) is 26.2. The fraction of sp³-hybridized carbons (Fsp3) is 0.600. The Morgan fingerprint density at radius 2 is 1.89 bits per heavy atom. The van der Waals surface area contributed by atoms with Gasteiger partial charge in [-0.15, -0.1) is 0 Å². The van der Waals surface area contributed by atoms with E-state index in [0.29, 0.717) is 24.8 Å². The van der Waals surface area contributed by atoms with Gasteiger partial charge in [-0.05, 0) is 74.2 Å². The molecule has 0 aromatic carbocycles. The topological polar surface area (TPSA) is 93.1 Å². The third kappa shape index (κ3) is 3.76. The van der Waals surface area contributed by atoms with Crippen molar-refractivity contribution in [1.29, 1.82) is 0 Å². The van der Waals surface area contributed by atoms with Gasteiger partial charge in [0.25, 0.3) is 0 Å². The van der Waals surface area contributed by atoms with Crippen molar-refractivity contribution in [1.82, 2.24) is 0 Å². The molecule has 5 aliphatic rings. The molecular weight excluding hydrogens is 456 g/mol. The first-order valence-electron chi connectivity index (χ1n) is 13.1. The second kappa shape index (κ2) is 8.29. The minimum Gasteiger partial charge on any atom is -0.458 e. The summed E-state index contributed by atoms with van der Waals surface area (Å²) in [6.07, 6.45) is 10.4. The molecule has 0 aromatic heterocycles. The maximum absolute atomic E-state index is 12.2. The molecule has 5 rings (SSSR count). The van der Waals surface area contributed by atoms with E-state index in [1.54, 1.807) is 13.0 Å². The molecule has 36 heavy (non-hydrogen) atoms. The van der Waals surface area contributed by atoms with Crippen LogP contribution in [0, 0.1) is 29.1 Å². The van der Waals surface area contributed by atoms with E-state index in [1.165, 1.54) is 6.08 Å². The molecule has 6 heteroatoms. The van der Waals surface area contributed by atoms with Crippen LogP contribution in [0.1, 0.15) is 60.3 Å². The number of cyclic esters (lactones) is 2. The van der Waals surface area contributed by atoms with Gasteiger partial charge < -0.3 is 19.7 Å². The van der Waals surface area contributed by atoms with Gasteiger partial charge in [0.2, 0.25) is 0 Å². The van der Waals surface area contributed by atoms with Gasteiger partial charge in [-0.1, -0.05) is 38.7 Å². The van der Waals surface area contributed by atoms with Gasteiger partial charge in [-0.3, -0.25) is 0 Å². The molecular formula is C30H38O6. The van der Waals surface area contributed by atoms with Crippen LogP contribution in [-0.2, 0) is 19.1 Å². The summed E-state index contributed by atoms with van der Waals surface area (Å²) in [6.45, 7) is 14.2. The first kappa shape index (κ1) is 25.2. The van der Waals surface area contributed by atoms with E-state index in [-0.39, 0.29) is 35.2 Å². The van der Waals surface area contributed by atoms with Crippen LogP contribution in [0.4, 0.5) is 0 Å². The van der Waals surface area contributed by atoms with E-state index in [0.717, 1.165) is 23.1 Å². The van der Waals surface area contributed by atoms with Crippen molar-refractivity contribution in [3.63, 3.8) is 0 Å². The number of ether oxygens (including phenoxy) is 2. The lowest BCUT2D eigenvalue weighted by Crippen LogP contribution is -2.45. The van der Waals surface area contributed by atoms with E-state index in [9.17, 15) is 19.8 Å². The first-order valence-corrected chi connectivity index (χ1v) is 13.1. The fourth-order valence-electron chi connectivity index (χ4n) is 7.77. The Kier molecular flexibility index (Phi) is 5.80. The maximum atomic E-state index is 12.2. The molecule has 0 amide bonds. The smallest absolute Gasteiger partial charge is 0.333 e. The number of fused-ring (bicyclic) bond motifs is 4. The second-order valence-corrected chi connectivity index (χ2v) is 12.3. The molecule has 0 unspecified atom stereocenters. The third-order valence-corrected chi connectivity index (χ3v) is 9.73. The Hall–Kier alpha value is -2.44. The van der Waals surface area contributed by atoms with Crippen molar-refractivity contribution in [3.05, 3.63) is 59.3 Å². The summed E-state index contributed by atoms with van der Waals surface area (Å²) in [6, 6.07) is 0. The van der Waals surface area contributed by atoms with E-state index < -0.39 is 29.2 Å². The van der Waals surface area contributed by atoms with Crippen molar-refractivity contribution in [2.24, 2.45) is 29.1 Å². The van der Waals surface area contributed by atoms with Crippen LogP contribution in [0.25, 0.3) is 0 Å². The number of allylic oxidation sites excluding steroid dienone is 3. The molecule has 8 atom stereocenters. The van der Waals surface area contributed by atoms with Crippen LogP contribution in [-0.4, -0.2) is 45.6 Å². The number of aliphatic hydroxyl groups excluding tert-OH is 1. The number of aliphatic hydroxyl groups is 2. The molecule has 0 spiro atoms. The lowest BCUT2D eigenvalue weighted by atomic mass is 9.61. The molecule has 0 radical (unpaired) electrons. The highest BCUT2D eigenvalue weighted by molar-refractivity contribution is 5.88. The zero-order valence-corrected chi connectivity index (χ0v) is 21.9. The van der Waals surface area contributed by atoms with Gasteiger partial charge in [-0.25, -0.2) is 9.59 Å². The third-order valence-electron chi connectivity index (χ3n) is 9.73. The van der Waals surface area contributed by atoms with Gasteiger partial charge >= 0.3 is 11.9 Å². The number of esters is 2. The summed E-state index contributed by atoms with van der Waals surface area (Å²) in [4.78, 5) is 24.3. The summed E-state index contributed by atoms with van der Waals surface area (Å²) in [5.41, 5.74) is 1.14. The number of hydrogen-bond donors (Lipinski definition) is 2. The normalized spacial score (nSPS) is 42.4. The van der Waals surface area contributed by atoms with Crippen LogP contribution in [0.15, 0.2) is 59.3 Å². The SMILES string of the molecule is C=C1C([C@@H](C)[C@H]2CC=C(C)C(=O)O2)=CC[C@]2(C)[C@H]1C[C@@]1(O)C=C3C=CC(=O)OC(C)(C)[C@@H]3[C@H](O)C[C@@H]21. The van der Waals surface area contributed by atoms with Gasteiger partial charge in [0.15, 0.2) is 0 Å². The van der Waals surface area contributed by atoms with Crippen molar-refractivity contribution in [2.45, 2.75) is 83.7 Å². The number of carbonyl (C=O) groups is 2. The maximum Gasteiger partial charge on any atom is 0.333 e. The quantitative estimate of drug-likeness (QED) is 0.555. The second-order valence-electron chi connectivity index (χ2n) is 12.3. The van der Waals surface area contributed by atoms with Gasteiger partial charge in [0.1, 0.15) is 11.7 Å². The lowest BCUT2D eigenvalue weighted by molar-refractivity contribution is -0.157. The summed E-state index contributed by atoms with van der Waals surface area (Å²) >= 11 is 0. The highest BCUT2D eigenvalue weighted by Gasteiger charge is 2.62. The average molecular weight is 495 g/mol. The van der Waals surface area contributed by atoms with E-state index in [1.807, 2.05) is 26.0 Å². The minimum absolute atomic E-state index is 0.00234. The highest BCUT2D eigenvalue weighted by Crippen LogP contribution is 2.64. The molecule has 0 saturated heterocycles. The zero-order valence-electron chi connectivity index (χ0n) is 21.9. The van der Waals surface area contributed by atoms with Gasteiger partial charge in [0.05, 0.1) is 11.7 Å². The first-order chi connectivity index (χ1) is 16.8. The molecule has 6 nitrogen and oxygen atoms in total. The average Bonchev–Trinajstić information content (AvgIpc) is 2.86. The molecule has 0 aromatic rings. The van der Waals surface area contributed by atoms with Gasteiger partial charge in [-0.2, -0.15) is 0 Å². The monoisotopic (exact) mass is 494 g/mol. The summed E-state index contributed by atoms with van der Waals surface area (Å²) in [5.74, 6) is -1.30. The van der Waals surface area contributed by atoms with Crippen molar-refractivity contribution >= 4 is 11.9 Å². The van der Waals surface area contributed by atoms with Crippen LogP contribution >= 0.6 is 0 Å². The molecule has 2 N–H and O–H groups in total. The van der Waals surface area contributed by atoms with Crippen LogP contribution in [0.2, 0.25) is 0 Å². The Labute approximate surface area is 213 Å². The van der Waals surface area contributed by atoms with E-state index >= 15 is 0 Å². The lowest BCUT2D eigenvalue weighted by Gasteiger charge is -2.45. The molecule has 2 aliphatic heterocycles. The fourth-order valence-corrected chi connectivity index (χ4v) is 7.77. The Balaban J connectivity index is 1.48. The summed E-state index contributed by atoms with van der Waals surface area (Å²) in [5, 5.41) is 23.6. The van der Waals surface area contributed by atoms with Crippen molar-refractivity contribution < 1.29 is 29.3 Å². The Morgan fingerprint density at radius 3 is 2.58 bits per heavy atom. The standard InChI is InChI=1S/C30H38O6/c1-16-7-9-23(35-27(16)33)18(3)20-11-12-29(6)21(17(20)2)15-30(34)14-19-8-10-25(32)36-28(4,5)26(19)22(31)13-24(29)30/h7-8,10-11,14,18,21-24,26,31,34H,2,9,12-13,15H2,1,3-6H3/t18-,21+,22-,23-,24+,26+,29-,30+/m1/s1. The number of hydrogen-bond acceptors (Lipinski definition) is 6. The van der Waals surface area contributed by atoms with Crippen molar-refractivity contribution in [2.75, 3.05) is 0 Å². The molecule has 1 saturated carbocycles. The summed E-state index contributed by atoms with van der Waals surface area (Å²) in [7, 11) is 0. The van der Waals surface area contributed by atoms with Gasteiger partial charge in [0, 0.05) is 35.8 Å². The van der Waals surface area contributed by atoms with Crippen LogP contribution in [0.5, 0.6) is 0 Å². The van der Waals surface area contributed by atoms with Crippen molar-refractivity contribution in [3.8, 4) is 0 Å². The highest BCUT2D eigenvalue weighted by atomic mass is 16.6. The predicted octanol–water partition coefficient (Wildman–Crippen LogP) is 4.34. The minimum atomic E-state index is -1.15. The molecule has 2 heterocycles. The predicted molar refractivity (Wildman–Crippen MR) is 135 cm³/mol. The number of carbonyl (C=O) groups excluding carboxylic acids is 2. The van der Waals surface area contributed by atoms with Crippen LogP contribution in [0.3, 0.4) is 0 Å². The summed E-state index contributed by atoms with van der Waals surface area (Å²) < 4.78 is 11.4. The largest absolute Gasteiger partial charge is 0.458 e. The molecule has 194 valence electrons. The van der Waals surface area contributed by atoms with E-state index in [4.69, 9.17) is 9.47 Å². The Bertz CT molecular complexity index is 1140. The Morgan fingerprint density at radius 1 is 1.17 bits per heavy atom. The van der Waals surface area contributed by atoms with E-state index in [2.05, 4.69) is 26.5 Å².